The Hall–Kier alpha value is -1.47. The van der Waals surface area contributed by atoms with Crippen molar-refractivity contribution < 1.29 is 27.9 Å². The molecule has 0 radical (unpaired) electrons. The van der Waals surface area contributed by atoms with Gasteiger partial charge in [0.1, 0.15) is 12.6 Å². The second-order valence-electron chi connectivity index (χ2n) is 4.51. The van der Waals surface area contributed by atoms with Crippen LogP contribution in [0.1, 0.15) is 26.2 Å². The van der Waals surface area contributed by atoms with E-state index in [0.29, 0.717) is 17.7 Å². The Morgan fingerprint density at radius 3 is 2.53 bits per heavy atom. The molecule has 1 fully saturated rings. The van der Waals surface area contributed by atoms with E-state index in [1.807, 2.05) is 0 Å². The van der Waals surface area contributed by atoms with Crippen LogP contribution in [-0.2, 0) is 4.79 Å². The van der Waals surface area contributed by atoms with Crippen LogP contribution in [0.3, 0.4) is 0 Å². The average molecular weight is 282 g/mol. The minimum Gasteiger partial charge on any atom is -0.480 e. The molecular weight excluding hydrogens is 265 g/mol. The summed E-state index contributed by atoms with van der Waals surface area (Å²) in [7, 11) is 0. The van der Waals surface area contributed by atoms with Gasteiger partial charge >= 0.3 is 18.2 Å². The average Bonchev–Trinajstić information content (AvgIpc) is 2.74. The largest absolute Gasteiger partial charge is 0.480 e. The summed E-state index contributed by atoms with van der Waals surface area (Å²) in [4.78, 5) is 24.6. The van der Waals surface area contributed by atoms with Crippen LogP contribution in [-0.4, -0.2) is 58.8 Å². The van der Waals surface area contributed by atoms with Crippen LogP contribution in [0, 0.1) is 0 Å². The first kappa shape index (κ1) is 15.6. The Morgan fingerprint density at radius 2 is 2.05 bits per heavy atom. The molecule has 0 bridgehead atoms. The highest BCUT2D eigenvalue weighted by Gasteiger charge is 2.39. The Labute approximate surface area is 109 Å². The number of alkyl halides is 3. The van der Waals surface area contributed by atoms with E-state index in [0.717, 1.165) is 4.90 Å². The normalized spacial score (nSPS) is 19.6. The molecule has 8 heteroatoms. The number of carboxylic acids is 1. The molecule has 0 spiro atoms. The van der Waals surface area contributed by atoms with Crippen molar-refractivity contribution in [1.29, 1.82) is 0 Å². The third-order valence-electron chi connectivity index (χ3n) is 2.92. The molecule has 5 nitrogen and oxygen atoms in total. The van der Waals surface area contributed by atoms with Crippen molar-refractivity contribution in [1.82, 2.24) is 9.80 Å². The van der Waals surface area contributed by atoms with E-state index in [4.69, 9.17) is 5.11 Å². The van der Waals surface area contributed by atoms with E-state index in [-0.39, 0.29) is 19.5 Å². The van der Waals surface area contributed by atoms with Crippen molar-refractivity contribution in [3.63, 3.8) is 0 Å². The van der Waals surface area contributed by atoms with Crippen molar-refractivity contribution >= 4 is 12.0 Å². The molecule has 110 valence electrons. The lowest BCUT2D eigenvalue weighted by Gasteiger charge is -2.30. The number of hydrogen-bond acceptors (Lipinski definition) is 2. The van der Waals surface area contributed by atoms with Gasteiger partial charge in [0.25, 0.3) is 0 Å². The van der Waals surface area contributed by atoms with E-state index in [9.17, 15) is 22.8 Å². The number of rotatable bonds is 4. The van der Waals surface area contributed by atoms with Gasteiger partial charge in [0.05, 0.1) is 0 Å². The molecule has 1 aliphatic rings. The summed E-state index contributed by atoms with van der Waals surface area (Å²) in [6.45, 7) is 0.465. The van der Waals surface area contributed by atoms with Gasteiger partial charge in [0.15, 0.2) is 0 Å². The molecule has 0 aromatic carbocycles. The van der Waals surface area contributed by atoms with Gasteiger partial charge in [-0.2, -0.15) is 13.2 Å². The maximum atomic E-state index is 12.4. The zero-order valence-corrected chi connectivity index (χ0v) is 10.6. The monoisotopic (exact) mass is 282 g/mol. The van der Waals surface area contributed by atoms with Gasteiger partial charge < -0.3 is 14.9 Å². The summed E-state index contributed by atoms with van der Waals surface area (Å²) in [5.41, 5.74) is 0. The van der Waals surface area contributed by atoms with Gasteiger partial charge in [-0.25, -0.2) is 9.59 Å². The first-order valence-electron chi connectivity index (χ1n) is 6.11. The minimum absolute atomic E-state index is 0.0405. The topological polar surface area (TPSA) is 60.9 Å². The summed E-state index contributed by atoms with van der Waals surface area (Å²) < 4.78 is 37.2. The molecule has 1 aliphatic heterocycles. The molecule has 0 aliphatic carbocycles. The molecular formula is C11H17F3N2O3. The molecule has 1 rings (SSSR count). The molecule has 2 amide bonds. The maximum absolute atomic E-state index is 12.4. The fraction of sp³-hybridized carbons (Fsp3) is 0.818. The predicted octanol–water partition coefficient (Wildman–Crippen LogP) is 1.93. The van der Waals surface area contributed by atoms with Crippen LogP contribution in [0.15, 0.2) is 0 Å². The molecule has 0 aromatic rings. The standard InChI is InChI=1S/C11H17F3N2O3/c1-2-5-15(7-11(12,13)14)10(19)16-6-3-4-8(16)9(17)18/h8H,2-7H2,1H3,(H,17,18)/t8-/m1/s1. The van der Waals surface area contributed by atoms with Crippen molar-refractivity contribution in [2.24, 2.45) is 0 Å². The van der Waals surface area contributed by atoms with Crippen molar-refractivity contribution in [3.8, 4) is 0 Å². The lowest BCUT2D eigenvalue weighted by Crippen LogP contribution is -2.50. The number of amides is 2. The third-order valence-corrected chi connectivity index (χ3v) is 2.92. The van der Waals surface area contributed by atoms with E-state index in [2.05, 4.69) is 0 Å². The summed E-state index contributed by atoms with van der Waals surface area (Å²) in [6.07, 6.45) is -3.32. The van der Waals surface area contributed by atoms with Crippen molar-refractivity contribution in [2.45, 2.75) is 38.4 Å². The summed E-state index contributed by atoms with van der Waals surface area (Å²) >= 11 is 0. The van der Waals surface area contributed by atoms with Gasteiger partial charge in [-0.1, -0.05) is 6.92 Å². The number of carbonyl (C=O) groups excluding carboxylic acids is 1. The number of hydrogen-bond donors (Lipinski definition) is 1. The van der Waals surface area contributed by atoms with E-state index >= 15 is 0 Å². The van der Waals surface area contributed by atoms with Gasteiger partial charge in [0, 0.05) is 13.1 Å². The summed E-state index contributed by atoms with van der Waals surface area (Å²) in [5, 5.41) is 8.94. The number of urea groups is 1. The maximum Gasteiger partial charge on any atom is 0.406 e. The van der Waals surface area contributed by atoms with Gasteiger partial charge in [0.2, 0.25) is 0 Å². The van der Waals surface area contributed by atoms with Crippen LogP contribution < -0.4 is 0 Å². The molecule has 0 unspecified atom stereocenters. The third kappa shape index (κ3) is 4.29. The zero-order chi connectivity index (χ0) is 14.6. The van der Waals surface area contributed by atoms with E-state index in [1.165, 1.54) is 0 Å². The second-order valence-corrected chi connectivity index (χ2v) is 4.51. The Kier molecular flexibility index (Phi) is 5.02. The molecule has 1 atom stereocenters. The van der Waals surface area contributed by atoms with Crippen LogP contribution in [0.4, 0.5) is 18.0 Å². The smallest absolute Gasteiger partial charge is 0.406 e. The summed E-state index contributed by atoms with van der Waals surface area (Å²) in [6, 6.07) is -1.86. The van der Waals surface area contributed by atoms with Crippen LogP contribution in [0.25, 0.3) is 0 Å². The molecule has 1 heterocycles. The quantitative estimate of drug-likeness (QED) is 0.857. The Balaban J connectivity index is 2.78. The molecule has 1 saturated heterocycles. The van der Waals surface area contributed by atoms with Crippen LogP contribution in [0.2, 0.25) is 0 Å². The molecule has 1 N–H and O–H groups in total. The molecule has 0 saturated carbocycles. The molecule has 0 aromatic heterocycles. The van der Waals surface area contributed by atoms with Crippen LogP contribution in [0.5, 0.6) is 0 Å². The zero-order valence-electron chi connectivity index (χ0n) is 10.6. The highest BCUT2D eigenvalue weighted by Crippen LogP contribution is 2.22. The minimum atomic E-state index is -4.48. The van der Waals surface area contributed by atoms with Crippen molar-refractivity contribution in [2.75, 3.05) is 19.6 Å². The fourth-order valence-corrected chi connectivity index (χ4v) is 2.16. The van der Waals surface area contributed by atoms with Gasteiger partial charge in [-0.3, -0.25) is 0 Å². The Bertz CT molecular complexity index is 347. The van der Waals surface area contributed by atoms with Gasteiger partial charge in [-0.15, -0.1) is 0 Å². The van der Waals surface area contributed by atoms with Crippen molar-refractivity contribution in [3.05, 3.63) is 0 Å². The fourth-order valence-electron chi connectivity index (χ4n) is 2.16. The van der Waals surface area contributed by atoms with Crippen LogP contribution >= 0.6 is 0 Å². The number of halogens is 3. The lowest BCUT2D eigenvalue weighted by molar-refractivity contribution is -0.144. The number of carboxylic acid groups (broad SMARTS) is 1. The first-order chi connectivity index (χ1) is 8.76. The van der Waals surface area contributed by atoms with Gasteiger partial charge in [-0.05, 0) is 19.3 Å². The highest BCUT2D eigenvalue weighted by atomic mass is 19.4. The van der Waals surface area contributed by atoms with E-state index in [1.54, 1.807) is 6.92 Å². The molecule has 19 heavy (non-hydrogen) atoms. The van der Waals surface area contributed by atoms with E-state index < -0.39 is 30.8 Å². The number of likely N-dealkylation sites (tertiary alicyclic amines) is 1. The number of carbonyl (C=O) groups is 2. The highest BCUT2D eigenvalue weighted by molar-refractivity contribution is 5.83. The lowest BCUT2D eigenvalue weighted by atomic mass is 10.2. The SMILES string of the molecule is CCCN(CC(F)(F)F)C(=O)N1CCC[C@@H]1C(=O)O. The number of aliphatic carboxylic acids is 1. The number of nitrogens with zero attached hydrogens (tertiary/aromatic N) is 2. The Morgan fingerprint density at radius 1 is 1.42 bits per heavy atom. The predicted molar refractivity (Wildman–Crippen MR) is 60.7 cm³/mol. The first-order valence-corrected chi connectivity index (χ1v) is 6.11. The summed E-state index contributed by atoms with van der Waals surface area (Å²) in [5.74, 6) is -1.17. The second kappa shape index (κ2) is 6.12.